The van der Waals surface area contributed by atoms with Crippen molar-refractivity contribution in [3.8, 4) is 0 Å². The predicted octanol–water partition coefficient (Wildman–Crippen LogP) is 2.99. The Labute approximate surface area is 95.4 Å². The second-order valence-corrected chi connectivity index (χ2v) is 4.77. The smallest absolute Gasteiger partial charge is 0.139 e. The lowest BCUT2D eigenvalue weighted by molar-refractivity contribution is 0.483. The number of rotatable bonds is 2. The van der Waals surface area contributed by atoms with Crippen LogP contribution in [0.4, 0.5) is 4.39 Å². The number of hydrogen-bond donors (Lipinski definition) is 0. The summed E-state index contributed by atoms with van der Waals surface area (Å²) in [5.74, 6) is 0.179. The van der Waals surface area contributed by atoms with Gasteiger partial charge >= 0.3 is 0 Å². The van der Waals surface area contributed by atoms with Gasteiger partial charge in [-0.15, -0.1) is 5.10 Å². The maximum absolute atomic E-state index is 13.2. The fourth-order valence-electron chi connectivity index (χ4n) is 1.44. The summed E-state index contributed by atoms with van der Waals surface area (Å²) in [7, 11) is 0. The summed E-state index contributed by atoms with van der Waals surface area (Å²) < 4.78 is 15.4. The molecule has 80 valence electrons. The number of halogens is 2. The van der Waals surface area contributed by atoms with Crippen LogP contribution >= 0.6 is 15.9 Å². The van der Waals surface area contributed by atoms with E-state index in [0.29, 0.717) is 15.9 Å². The highest BCUT2D eigenvalue weighted by Crippen LogP contribution is 2.22. The van der Waals surface area contributed by atoms with Crippen LogP contribution in [-0.2, 0) is 6.54 Å². The second-order valence-electron chi connectivity index (χ2n) is 3.92. The Kier molecular flexibility index (Phi) is 2.73. The Bertz CT molecular complexity index is 493. The average Bonchev–Trinajstić information content (AvgIpc) is 2.49. The van der Waals surface area contributed by atoms with E-state index in [9.17, 15) is 4.39 Å². The molecule has 3 nitrogen and oxygen atoms in total. The Morgan fingerprint density at radius 1 is 1.47 bits per heavy atom. The quantitative estimate of drug-likeness (QED) is 0.841. The first kappa shape index (κ1) is 10.5. The molecule has 1 heterocycles. The van der Waals surface area contributed by atoms with Gasteiger partial charge in [0.05, 0.1) is 9.99 Å². The molecule has 0 bridgehead atoms. The minimum Gasteiger partial charge on any atom is -0.244 e. The first-order valence-electron chi connectivity index (χ1n) is 4.76. The van der Waals surface area contributed by atoms with Gasteiger partial charge in [-0.3, -0.25) is 0 Å². The van der Waals surface area contributed by atoms with E-state index < -0.39 is 0 Å². The topological polar surface area (TPSA) is 30.7 Å². The maximum Gasteiger partial charge on any atom is 0.139 e. The van der Waals surface area contributed by atoms with E-state index in [1.807, 2.05) is 0 Å². The van der Waals surface area contributed by atoms with Gasteiger partial charge in [-0.2, -0.15) is 0 Å². The molecular formula is C10H11BrFN3. The minimum absolute atomic E-state index is 0.306. The normalized spacial score (nSPS) is 11.5. The fourth-order valence-corrected chi connectivity index (χ4v) is 1.78. The van der Waals surface area contributed by atoms with Gasteiger partial charge in [0.2, 0.25) is 0 Å². The summed E-state index contributed by atoms with van der Waals surface area (Å²) in [5.41, 5.74) is 1.45. The van der Waals surface area contributed by atoms with Crippen molar-refractivity contribution in [3.63, 3.8) is 0 Å². The molecule has 2 aromatic rings. The molecule has 0 aliphatic rings. The summed E-state index contributed by atoms with van der Waals surface area (Å²) in [4.78, 5) is 0. The molecule has 2 rings (SSSR count). The lowest BCUT2D eigenvalue weighted by Crippen LogP contribution is -2.05. The molecule has 1 aromatic heterocycles. The summed E-state index contributed by atoms with van der Waals surface area (Å²) >= 11 is 3.16. The molecule has 5 heteroatoms. The van der Waals surface area contributed by atoms with Crippen molar-refractivity contribution in [3.05, 3.63) is 22.4 Å². The van der Waals surface area contributed by atoms with Gasteiger partial charge in [0, 0.05) is 12.6 Å². The molecule has 0 radical (unpaired) electrons. The Morgan fingerprint density at radius 2 is 2.20 bits per heavy atom. The highest BCUT2D eigenvalue weighted by Gasteiger charge is 2.09. The van der Waals surface area contributed by atoms with Gasteiger partial charge in [-0.05, 0) is 27.9 Å². The van der Waals surface area contributed by atoms with Crippen LogP contribution in [0.3, 0.4) is 0 Å². The van der Waals surface area contributed by atoms with Gasteiger partial charge in [0.15, 0.2) is 0 Å². The van der Waals surface area contributed by atoms with Crippen molar-refractivity contribution < 1.29 is 4.39 Å². The third-order valence-electron chi connectivity index (χ3n) is 2.09. The molecule has 1 aromatic carbocycles. The Hall–Kier alpha value is -0.970. The van der Waals surface area contributed by atoms with E-state index in [1.54, 1.807) is 10.7 Å². The van der Waals surface area contributed by atoms with Gasteiger partial charge < -0.3 is 0 Å². The molecule has 0 amide bonds. The average molecular weight is 272 g/mol. The van der Waals surface area contributed by atoms with Crippen molar-refractivity contribution >= 4 is 27.0 Å². The maximum atomic E-state index is 13.2. The predicted molar refractivity (Wildman–Crippen MR) is 60.0 cm³/mol. The molecule has 0 saturated carbocycles. The summed E-state index contributed by atoms with van der Waals surface area (Å²) in [5, 5.41) is 7.92. The Balaban J connectivity index is 2.54. The van der Waals surface area contributed by atoms with Crippen LogP contribution in [0.2, 0.25) is 0 Å². The lowest BCUT2D eigenvalue weighted by Gasteiger charge is -2.05. The third-order valence-corrected chi connectivity index (χ3v) is 2.70. The van der Waals surface area contributed by atoms with E-state index in [1.165, 1.54) is 6.07 Å². The molecule has 0 spiro atoms. The zero-order valence-electron chi connectivity index (χ0n) is 8.54. The first-order chi connectivity index (χ1) is 7.08. The molecular weight excluding hydrogens is 261 g/mol. The summed E-state index contributed by atoms with van der Waals surface area (Å²) in [6.07, 6.45) is 0. The number of nitrogens with zero attached hydrogens (tertiary/aromatic N) is 3. The summed E-state index contributed by atoms with van der Waals surface area (Å²) in [6.45, 7) is 4.99. The van der Waals surface area contributed by atoms with E-state index >= 15 is 0 Å². The summed E-state index contributed by atoms with van der Waals surface area (Å²) in [6, 6.07) is 3.11. The lowest BCUT2D eigenvalue weighted by atomic mass is 10.2. The van der Waals surface area contributed by atoms with Gasteiger partial charge in [-0.1, -0.05) is 19.1 Å². The second kappa shape index (κ2) is 3.89. The largest absolute Gasteiger partial charge is 0.244 e. The van der Waals surface area contributed by atoms with Crippen molar-refractivity contribution in [2.45, 2.75) is 20.4 Å². The fraction of sp³-hybridized carbons (Fsp3) is 0.400. The van der Waals surface area contributed by atoms with Crippen LogP contribution in [-0.4, -0.2) is 15.0 Å². The van der Waals surface area contributed by atoms with Crippen LogP contribution in [0.25, 0.3) is 11.0 Å². The van der Waals surface area contributed by atoms with Gasteiger partial charge in [0.25, 0.3) is 0 Å². The SMILES string of the molecule is CC(C)Cn1nnc2cc(F)c(Br)cc21. The van der Waals surface area contributed by atoms with E-state index in [-0.39, 0.29) is 5.82 Å². The Morgan fingerprint density at radius 3 is 2.87 bits per heavy atom. The van der Waals surface area contributed by atoms with E-state index in [0.717, 1.165) is 12.1 Å². The highest BCUT2D eigenvalue weighted by atomic mass is 79.9. The number of benzene rings is 1. The van der Waals surface area contributed by atoms with Crippen molar-refractivity contribution in [2.24, 2.45) is 5.92 Å². The van der Waals surface area contributed by atoms with Crippen LogP contribution in [0, 0.1) is 11.7 Å². The van der Waals surface area contributed by atoms with Gasteiger partial charge in [-0.25, -0.2) is 9.07 Å². The first-order valence-corrected chi connectivity index (χ1v) is 5.55. The molecule has 0 unspecified atom stereocenters. The van der Waals surface area contributed by atoms with Gasteiger partial charge in [0.1, 0.15) is 11.3 Å². The zero-order valence-corrected chi connectivity index (χ0v) is 10.1. The monoisotopic (exact) mass is 271 g/mol. The van der Waals surface area contributed by atoms with E-state index in [4.69, 9.17) is 0 Å². The van der Waals surface area contributed by atoms with Crippen LogP contribution < -0.4 is 0 Å². The van der Waals surface area contributed by atoms with E-state index in [2.05, 4.69) is 40.1 Å². The minimum atomic E-state index is -0.306. The van der Waals surface area contributed by atoms with Crippen LogP contribution in [0.1, 0.15) is 13.8 Å². The molecule has 0 aliphatic heterocycles. The molecule has 15 heavy (non-hydrogen) atoms. The van der Waals surface area contributed by atoms with Crippen molar-refractivity contribution in [2.75, 3.05) is 0 Å². The van der Waals surface area contributed by atoms with Crippen molar-refractivity contribution in [1.29, 1.82) is 0 Å². The third kappa shape index (κ3) is 2.02. The number of fused-ring (bicyclic) bond motifs is 1. The molecule has 0 fully saturated rings. The molecule has 0 atom stereocenters. The van der Waals surface area contributed by atoms with Crippen LogP contribution in [0.5, 0.6) is 0 Å². The van der Waals surface area contributed by atoms with Crippen LogP contribution in [0.15, 0.2) is 16.6 Å². The van der Waals surface area contributed by atoms with Crippen molar-refractivity contribution in [1.82, 2.24) is 15.0 Å². The molecule has 0 N–H and O–H groups in total. The standard InChI is InChI=1S/C10H11BrFN3/c1-6(2)5-15-10-3-7(11)8(12)4-9(10)13-14-15/h3-4,6H,5H2,1-2H3. The number of aromatic nitrogens is 3. The molecule has 0 saturated heterocycles. The zero-order chi connectivity index (χ0) is 11.0. The molecule has 0 aliphatic carbocycles. The number of hydrogen-bond acceptors (Lipinski definition) is 2. The highest BCUT2D eigenvalue weighted by molar-refractivity contribution is 9.10.